The van der Waals surface area contributed by atoms with Crippen molar-refractivity contribution in [1.29, 1.82) is 0 Å². The van der Waals surface area contributed by atoms with Gasteiger partial charge in [-0.3, -0.25) is 9.59 Å². The highest BCUT2D eigenvalue weighted by Gasteiger charge is 2.20. The summed E-state index contributed by atoms with van der Waals surface area (Å²) in [4.78, 5) is 22.4. The second-order valence-corrected chi connectivity index (χ2v) is 5.73. The third-order valence-electron chi connectivity index (χ3n) is 3.61. The molecule has 1 N–H and O–H groups in total. The summed E-state index contributed by atoms with van der Waals surface area (Å²) in [5.74, 6) is -0.292. The average Bonchev–Trinajstić information content (AvgIpc) is 2.72. The Morgan fingerprint density at radius 3 is 2.78 bits per heavy atom. The first-order valence-corrected chi connectivity index (χ1v) is 7.46. The number of rotatable bonds is 5. The third-order valence-corrected chi connectivity index (χ3v) is 4.39. The first kappa shape index (κ1) is 13.3. The van der Waals surface area contributed by atoms with Gasteiger partial charge in [0.05, 0.1) is 0 Å². The molecule has 4 nitrogen and oxygen atoms in total. The van der Waals surface area contributed by atoms with Crippen LogP contribution in [0.5, 0.6) is 0 Å². The largest absolute Gasteiger partial charge is 0.481 e. The Bertz CT molecular complexity index is 457. The van der Waals surface area contributed by atoms with E-state index in [1.54, 1.807) is 4.57 Å². The van der Waals surface area contributed by atoms with Crippen molar-refractivity contribution in [2.24, 2.45) is 0 Å². The van der Waals surface area contributed by atoms with Gasteiger partial charge in [0.1, 0.15) is 0 Å². The van der Waals surface area contributed by atoms with E-state index in [0.717, 1.165) is 18.5 Å². The molecule has 0 amide bonds. The molecule has 1 aliphatic rings. The maximum atomic E-state index is 11.8. The summed E-state index contributed by atoms with van der Waals surface area (Å²) in [5, 5.41) is 10.6. The number of carboxylic acids is 1. The van der Waals surface area contributed by atoms with Gasteiger partial charge in [-0.2, -0.15) is 0 Å². The minimum Gasteiger partial charge on any atom is -0.481 e. The summed E-state index contributed by atoms with van der Waals surface area (Å²) in [6.07, 6.45) is 6.76. The molecule has 1 saturated carbocycles. The van der Waals surface area contributed by atoms with Crippen LogP contribution in [0.4, 0.5) is 0 Å². The van der Waals surface area contributed by atoms with Crippen molar-refractivity contribution in [3.05, 3.63) is 20.7 Å². The molecule has 1 aromatic heterocycles. The summed E-state index contributed by atoms with van der Waals surface area (Å²) in [5.41, 5.74) is 1.13. The van der Waals surface area contributed by atoms with Crippen molar-refractivity contribution in [3.63, 3.8) is 0 Å². The topological polar surface area (TPSA) is 59.3 Å². The molecule has 1 aromatic rings. The van der Waals surface area contributed by atoms with E-state index in [4.69, 9.17) is 5.11 Å². The zero-order valence-electron chi connectivity index (χ0n) is 10.4. The molecule has 100 valence electrons. The fourth-order valence-corrected chi connectivity index (χ4v) is 3.53. The number of carbonyl (C=O) groups is 1. The summed E-state index contributed by atoms with van der Waals surface area (Å²) in [7, 11) is 0. The molecule has 0 aliphatic heterocycles. The lowest BCUT2D eigenvalue weighted by Crippen LogP contribution is -2.19. The first-order chi connectivity index (χ1) is 8.68. The van der Waals surface area contributed by atoms with Gasteiger partial charge in [0.15, 0.2) is 0 Å². The fourth-order valence-electron chi connectivity index (χ4n) is 2.67. The van der Waals surface area contributed by atoms with Gasteiger partial charge in [0.25, 0.3) is 0 Å². The van der Waals surface area contributed by atoms with Crippen LogP contribution in [0.2, 0.25) is 0 Å². The Balaban J connectivity index is 2.06. The zero-order valence-corrected chi connectivity index (χ0v) is 11.2. The van der Waals surface area contributed by atoms with E-state index in [0.29, 0.717) is 18.9 Å². The molecule has 18 heavy (non-hydrogen) atoms. The lowest BCUT2D eigenvalue weighted by atomic mass is 9.87. The lowest BCUT2D eigenvalue weighted by molar-refractivity contribution is -0.137. The Kier molecular flexibility index (Phi) is 4.58. The number of nitrogens with zero attached hydrogens (tertiary/aromatic N) is 1. The van der Waals surface area contributed by atoms with Crippen LogP contribution < -0.4 is 4.87 Å². The van der Waals surface area contributed by atoms with Crippen LogP contribution in [0.25, 0.3) is 0 Å². The van der Waals surface area contributed by atoms with Crippen LogP contribution in [0.15, 0.2) is 10.2 Å². The van der Waals surface area contributed by atoms with E-state index in [1.807, 2.05) is 5.38 Å². The molecule has 0 bridgehead atoms. The molecule has 1 fully saturated rings. The number of thiazole rings is 1. The van der Waals surface area contributed by atoms with Crippen LogP contribution in [0.1, 0.15) is 56.6 Å². The SMILES string of the molecule is O=C(O)CCCn1c(C2CCCCC2)csc1=O. The van der Waals surface area contributed by atoms with Crippen LogP contribution in [-0.4, -0.2) is 15.6 Å². The minimum atomic E-state index is -0.794. The van der Waals surface area contributed by atoms with Crippen molar-refractivity contribution in [2.75, 3.05) is 0 Å². The normalized spacial score (nSPS) is 16.9. The standard InChI is InChI=1S/C13H19NO3S/c15-12(16)7-4-8-14-11(9-18-13(14)17)10-5-2-1-3-6-10/h9-10H,1-8H2,(H,15,16). The smallest absolute Gasteiger partial charge is 0.307 e. The molecule has 5 heteroatoms. The first-order valence-electron chi connectivity index (χ1n) is 6.58. The molecule has 0 atom stereocenters. The number of aromatic nitrogens is 1. The Morgan fingerprint density at radius 2 is 2.11 bits per heavy atom. The molecular formula is C13H19NO3S. The van der Waals surface area contributed by atoms with Crippen LogP contribution in [0.3, 0.4) is 0 Å². The van der Waals surface area contributed by atoms with E-state index in [1.165, 1.54) is 30.6 Å². The number of carboxylic acid groups (broad SMARTS) is 1. The van der Waals surface area contributed by atoms with Crippen molar-refractivity contribution >= 4 is 17.3 Å². The highest BCUT2D eigenvalue weighted by Crippen LogP contribution is 2.32. The van der Waals surface area contributed by atoms with Crippen LogP contribution in [-0.2, 0) is 11.3 Å². The maximum absolute atomic E-state index is 11.8. The molecule has 0 spiro atoms. The number of hydrogen-bond donors (Lipinski definition) is 1. The van der Waals surface area contributed by atoms with Crippen molar-refractivity contribution < 1.29 is 9.90 Å². The molecule has 1 aliphatic carbocycles. The van der Waals surface area contributed by atoms with Crippen molar-refractivity contribution in [2.45, 2.75) is 57.4 Å². The van der Waals surface area contributed by atoms with E-state index in [-0.39, 0.29) is 11.3 Å². The van der Waals surface area contributed by atoms with Gasteiger partial charge in [-0.25, -0.2) is 0 Å². The van der Waals surface area contributed by atoms with Gasteiger partial charge in [0, 0.05) is 30.0 Å². The van der Waals surface area contributed by atoms with Gasteiger partial charge < -0.3 is 9.67 Å². The molecule has 0 radical (unpaired) electrons. The van der Waals surface area contributed by atoms with Crippen molar-refractivity contribution in [1.82, 2.24) is 4.57 Å². The summed E-state index contributed by atoms with van der Waals surface area (Å²) >= 11 is 1.24. The van der Waals surface area contributed by atoms with Crippen molar-refractivity contribution in [3.8, 4) is 0 Å². The molecular weight excluding hydrogens is 250 g/mol. The van der Waals surface area contributed by atoms with Gasteiger partial charge in [-0.1, -0.05) is 30.6 Å². The quantitative estimate of drug-likeness (QED) is 0.894. The second-order valence-electron chi connectivity index (χ2n) is 4.91. The zero-order chi connectivity index (χ0) is 13.0. The van der Waals surface area contributed by atoms with Gasteiger partial charge >= 0.3 is 10.8 Å². The van der Waals surface area contributed by atoms with Crippen LogP contribution >= 0.6 is 11.3 Å². The fraction of sp³-hybridized carbons (Fsp3) is 0.692. The Labute approximate surface area is 110 Å². The maximum Gasteiger partial charge on any atom is 0.307 e. The van der Waals surface area contributed by atoms with E-state index >= 15 is 0 Å². The average molecular weight is 269 g/mol. The molecule has 0 aromatic carbocycles. The van der Waals surface area contributed by atoms with Gasteiger partial charge in [-0.05, 0) is 19.3 Å². The third kappa shape index (κ3) is 3.22. The summed E-state index contributed by atoms with van der Waals surface area (Å²) in [6, 6.07) is 0. The monoisotopic (exact) mass is 269 g/mol. The van der Waals surface area contributed by atoms with Crippen LogP contribution in [0, 0.1) is 0 Å². The summed E-state index contributed by atoms with van der Waals surface area (Å²) < 4.78 is 1.80. The van der Waals surface area contributed by atoms with E-state index in [9.17, 15) is 9.59 Å². The van der Waals surface area contributed by atoms with E-state index < -0.39 is 5.97 Å². The lowest BCUT2D eigenvalue weighted by Gasteiger charge is -2.22. The molecule has 0 saturated heterocycles. The molecule has 1 heterocycles. The van der Waals surface area contributed by atoms with E-state index in [2.05, 4.69) is 0 Å². The minimum absolute atomic E-state index is 0.0564. The molecule has 0 unspecified atom stereocenters. The highest BCUT2D eigenvalue weighted by molar-refractivity contribution is 7.07. The Morgan fingerprint density at radius 1 is 1.39 bits per heavy atom. The summed E-state index contributed by atoms with van der Waals surface area (Å²) in [6.45, 7) is 0.542. The van der Waals surface area contributed by atoms with Gasteiger partial charge in [-0.15, -0.1) is 0 Å². The second kappa shape index (κ2) is 6.18. The van der Waals surface area contributed by atoms with Gasteiger partial charge in [0.2, 0.25) is 0 Å². The highest BCUT2D eigenvalue weighted by atomic mass is 32.1. The Hall–Kier alpha value is -1.10. The number of hydrogen-bond acceptors (Lipinski definition) is 3. The molecule has 2 rings (SSSR count). The predicted molar refractivity (Wildman–Crippen MR) is 71.3 cm³/mol. The number of aliphatic carboxylic acids is 1. The predicted octanol–water partition coefficient (Wildman–Crippen LogP) is 2.82.